The van der Waals surface area contributed by atoms with Crippen molar-refractivity contribution in [1.82, 2.24) is 4.31 Å². The molecular formula is C13H16BrFN2O2S. The van der Waals surface area contributed by atoms with Crippen molar-refractivity contribution in [2.24, 2.45) is 0 Å². The molecule has 2 aliphatic rings. The fraction of sp³-hybridized carbons (Fsp3) is 0.538. The number of sulfonamides is 1. The van der Waals surface area contributed by atoms with Crippen LogP contribution in [0.25, 0.3) is 0 Å². The summed E-state index contributed by atoms with van der Waals surface area (Å²) in [6.45, 7) is 0.783. The Morgan fingerprint density at radius 3 is 2.85 bits per heavy atom. The molecule has 2 atom stereocenters. The van der Waals surface area contributed by atoms with Gasteiger partial charge in [-0.25, -0.2) is 12.8 Å². The van der Waals surface area contributed by atoms with Gasteiger partial charge in [0.1, 0.15) is 16.9 Å². The summed E-state index contributed by atoms with van der Waals surface area (Å²) in [6, 6.07) is 4.02. The summed E-state index contributed by atoms with van der Waals surface area (Å²) >= 11 is 3.62. The smallest absolute Gasteiger partial charge is 0.246 e. The number of rotatable bonds is 0. The van der Waals surface area contributed by atoms with Gasteiger partial charge in [0, 0.05) is 18.4 Å². The Kier molecular flexibility index (Phi) is 3.54. The maximum absolute atomic E-state index is 13.4. The van der Waals surface area contributed by atoms with Crippen LogP contribution >= 0.6 is 15.9 Å². The number of hydrogen-bond donors (Lipinski definition) is 0. The predicted octanol–water partition coefficient (Wildman–Crippen LogP) is 2.54. The van der Waals surface area contributed by atoms with Gasteiger partial charge in [0.15, 0.2) is 0 Å². The van der Waals surface area contributed by atoms with Crippen molar-refractivity contribution in [3.8, 4) is 0 Å². The van der Waals surface area contributed by atoms with Gasteiger partial charge in [0.25, 0.3) is 0 Å². The largest absolute Gasteiger partial charge is 0.353 e. The van der Waals surface area contributed by atoms with Crippen LogP contribution in [0.5, 0.6) is 0 Å². The van der Waals surface area contributed by atoms with Gasteiger partial charge in [-0.1, -0.05) is 22.4 Å². The van der Waals surface area contributed by atoms with Crippen LogP contribution in [0.4, 0.5) is 10.1 Å². The Hall–Kier alpha value is -0.660. The molecule has 1 aromatic rings. The van der Waals surface area contributed by atoms with Crippen LogP contribution < -0.4 is 4.90 Å². The quantitative estimate of drug-likeness (QED) is 0.666. The molecular weight excluding hydrogens is 347 g/mol. The number of halogens is 2. The minimum absolute atomic E-state index is 0.0675. The van der Waals surface area contributed by atoms with Crippen molar-refractivity contribution in [2.75, 3.05) is 18.5 Å². The van der Waals surface area contributed by atoms with E-state index in [1.54, 1.807) is 13.1 Å². The molecule has 3 rings (SSSR count). The van der Waals surface area contributed by atoms with Gasteiger partial charge in [0.05, 0.1) is 5.69 Å². The van der Waals surface area contributed by atoms with Crippen molar-refractivity contribution in [3.05, 3.63) is 24.0 Å². The number of fused-ring (bicyclic) bond motifs is 3. The number of benzene rings is 1. The molecule has 2 aliphatic heterocycles. The second-order valence-electron chi connectivity index (χ2n) is 5.25. The maximum Gasteiger partial charge on any atom is 0.246 e. The van der Waals surface area contributed by atoms with Crippen LogP contribution in [0.3, 0.4) is 0 Å². The van der Waals surface area contributed by atoms with Gasteiger partial charge >= 0.3 is 0 Å². The Bertz CT molecular complexity index is 637. The van der Waals surface area contributed by atoms with Gasteiger partial charge in [-0.15, -0.1) is 0 Å². The molecule has 0 unspecified atom stereocenters. The minimum atomic E-state index is -3.64. The molecule has 0 N–H and O–H groups in total. The van der Waals surface area contributed by atoms with Crippen LogP contribution in [0.2, 0.25) is 0 Å². The van der Waals surface area contributed by atoms with E-state index in [4.69, 9.17) is 0 Å². The molecule has 0 aromatic heterocycles. The van der Waals surface area contributed by atoms with E-state index in [1.165, 1.54) is 10.4 Å². The predicted molar refractivity (Wildman–Crippen MR) is 79.0 cm³/mol. The van der Waals surface area contributed by atoms with Crippen molar-refractivity contribution in [2.45, 2.75) is 35.2 Å². The molecule has 2 heterocycles. The van der Waals surface area contributed by atoms with Gasteiger partial charge < -0.3 is 4.90 Å². The highest BCUT2D eigenvalue weighted by molar-refractivity contribution is 9.09. The van der Waals surface area contributed by atoms with E-state index in [1.807, 2.05) is 0 Å². The number of anilines is 1. The molecule has 1 fully saturated rings. The van der Waals surface area contributed by atoms with Crippen LogP contribution in [0, 0.1) is 5.82 Å². The SMILES string of the molecule is CN1[C@@H]2[C@H](Br)CCCCN2c2ccc(F)cc2S1(=O)=O. The molecule has 0 saturated carbocycles. The monoisotopic (exact) mass is 362 g/mol. The van der Waals surface area contributed by atoms with Gasteiger partial charge in [-0.2, -0.15) is 4.31 Å². The van der Waals surface area contributed by atoms with Crippen molar-refractivity contribution in [1.29, 1.82) is 0 Å². The molecule has 20 heavy (non-hydrogen) atoms. The number of nitrogens with zero attached hydrogens (tertiary/aromatic N) is 2. The van der Waals surface area contributed by atoms with Gasteiger partial charge in [0.2, 0.25) is 10.0 Å². The van der Waals surface area contributed by atoms with Crippen LogP contribution in [-0.2, 0) is 10.0 Å². The fourth-order valence-electron chi connectivity index (χ4n) is 3.01. The third kappa shape index (κ3) is 2.07. The Morgan fingerprint density at radius 2 is 2.10 bits per heavy atom. The first-order valence-corrected chi connectivity index (χ1v) is 8.97. The zero-order valence-electron chi connectivity index (χ0n) is 11.1. The molecule has 4 nitrogen and oxygen atoms in total. The van der Waals surface area contributed by atoms with Crippen LogP contribution in [0.1, 0.15) is 19.3 Å². The average molecular weight is 363 g/mol. The lowest BCUT2D eigenvalue weighted by atomic mass is 10.2. The second kappa shape index (κ2) is 4.96. The summed E-state index contributed by atoms with van der Waals surface area (Å²) in [5.74, 6) is -0.524. The Morgan fingerprint density at radius 1 is 1.35 bits per heavy atom. The number of alkyl halides is 1. The van der Waals surface area contributed by atoms with E-state index in [2.05, 4.69) is 20.8 Å². The summed E-state index contributed by atoms with van der Waals surface area (Å²) in [7, 11) is -2.07. The third-order valence-corrected chi connectivity index (χ3v) is 6.82. The Balaban J connectivity index is 2.22. The van der Waals surface area contributed by atoms with E-state index < -0.39 is 15.8 Å². The highest BCUT2D eigenvalue weighted by atomic mass is 79.9. The molecule has 1 aromatic carbocycles. The lowest BCUT2D eigenvalue weighted by molar-refractivity contribution is 0.340. The molecule has 0 aliphatic carbocycles. The zero-order chi connectivity index (χ0) is 14.5. The molecule has 0 spiro atoms. The summed E-state index contributed by atoms with van der Waals surface area (Å²) in [5.41, 5.74) is 0.612. The lowest BCUT2D eigenvalue weighted by Gasteiger charge is -2.44. The summed E-state index contributed by atoms with van der Waals surface area (Å²) in [5, 5.41) is 0. The summed E-state index contributed by atoms with van der Waals surface area (Å²) in [4.78, 5) is 2.21. The zero-order valence-corrected chi connectivity index (χ0v) is 13.5. The lowest BCUT2D eigenvalue weighted by Crippen LogP contribution is -2.56. The second-order valence-corrected chi connectivity index (χ2v) is 8.39. The first-order valence-electron chi connectivity index (χ1n) is 6.61. The number of hydrogen-bond acceptors (Lipinski definition) is 3. The third-order valence-electron chi connectivity index (χ3n) is 4.03. The summed E-state index contributed by atoms with van der Waals surface area (Å²) in [6.07, 6.45) is 2.73. The fourth-order valence-corrected chi connectivity index (χ4v) is 5.70. The highest BCUT2D eigenvalue weighted by Gasteiger charge is 2.44. The van der Waals surface area contributed by atoms with Gasteiger partial charge in [-0.05, 0) is 31.0 Å². The van der Waals surface area contributed by atoms with Crippen LogP contribution in [-0.4, -0.2) is 37.3 Å². The van der Waals surface area contributed by atoms with Crippen molar-refractivity contribution < 1.29 is 12.8 Å². The first kappa shape index (κ1) is 14.3. The van der Waals surface area contributed by atoms with E-state index in [0.717, 1.165) is 31.9 Å². The normalized spacial score (nSPS) is 29.4. The van der Waals surface area contributed by atoms with Gasteiger partial charge in [-0.3, -0.25) is 0 Å². The summed E-state index contributed by atoms with van der Waals surface area (Å²) < 4.78 is 40.0. The molecule has 7 heteroatoms. The first-order chi connectivity index (χ1) is 9.43. The van der Waals surface area contributed by atoms with Crippen molar-refractivity contribution in [3.63, 3.8) is 0 Å². The van der Waals surface area contributed by atoms with Crippen LogP contribution in [0.15, 0.2) is 23.1 Å². The van der Waals surface area contributed by atoms with E-state index in [0.29, 0.717) is 5.69 Å². The van der Waals surface area contributed by atoms with Crippen molar-refractivity contribution >= 4 is 31.6 Å². The molecule has 1 saturated heterocycles. The molecule has 0 bridgehead atoms. The highest BCUT2D eigenvalue weighted by Crippen LogP contribution is 2.40. The minimum Gasteiger partial charge on any atom is -0.353 e. The molecule has 0 radical (unpaired) electrons. The van der Waals surface area contributed by atoms with E-state index in [9.17, 15) is 12.8 Å². The standard InChI is InChI=1S/C13H16BrFN2O2S/c1-16-13-10(14)4-2-3-7-17(13)11-6-5-9(15)8-12(11)20(16,18)19/h5-6,8,10,13H,2-4,7H2,1H3/t10-,13+/m1/s1. The van der Waals surface area contributed by atoms with E-state index in [-0.39, 0.29) is 15.9 Å². The average Bonchev–Trinajstić information content (AvgIpc) is 2.58. The maximum atomic E-state index is 13.4. The topological polar surface area (TPSA) is 40.6 Å². The molecule has 110 valence electrons. The Labute approximate surface area is 126 Å². The van der Waals surface area contributed by atoms with E-state index >= 15 is 0 Å². The molecule has 0 amide bonds.